The van der Waals surface area contributed by atoms with Gasteiger partial charge in [-0.2, -0.15) is 0 Å². The first kappa shape index (κ1) is 20.6. The van der Waals surface area contributed by atoms with Crippen LogP contribution in [0.5, 0.6) is 11.5 Å². The van der Waals surface area contributed by atoms with Crippen LogP contribution >= 0.6 is 0 Å². The first-order valence-corrected chi connectivity index (χ1v) is 9.76. The Morgan fingerprint density at radius 1 is 1.21 bits per heavy atom. The average molecular weight is 393 g/mol. The predicted molar refractivity (Wildman–Crippen MR) is 113 cm³/mol. The van der Waals surface area contributed by atoms with Gasteiger partial charge >= 0.3 is 0 Å². The predicted octanol–water partition coefficient (Wildman–Crippen LogP) is 2.86. The summed E-state index contributed by atoms with van der Waals surface area (Å²) in [6.45, 7) is 7.88. The van der Waals surface area contributed by atoms with Crippen LogP contribution in [-0.2, 0) is 16.1 Å². The minimum absolute atomic E-state index is 0.113. The third-order valence-electron chi connectivity index (χ3n) is 4.67. The summed E-state index contributed by atoms with van der Waals surface area (Å²) in [5, 5.41) is 5.66. The van der Waals surface area contributed by atoms with E-state index in [-0.39, 0.29) is 18.2 Å². The van der Waals surface area contributed by atoms with Crippen molar-refractivity contribution in [3.05, 3.63) is 72.3 Å². The molecule has 1 heterocycles. The van der Waals surface area contributed by atoms with Gasteiger partial charge in [-0.25, -0.2) is 0 Å². The molecule has 6 heteroatoms. The molecule has 1 saturated heterocycles. The lowest BCUT2D eigenvalue weighted by atomic mass is 10.1. The highest BCUT2D eigenvalue weighted by Gasteiger charge is 2.31. The number of ether oxygens (including phenoxy) is 1. The van der Waals surface area contributed by atoms with E-state index in [0.717, 1.165) is 22.6 Å². The third-order valence-corrected chi connectivity index (χ3v) is 4.67. The second kappa shape index (κ2) is 9.89. The zero-order chi connectivity index (χ0) is 20.6. The second-order valence-electron chi connectivity index (χ2n) is 7.28. The highest BCUT2D eigenvalue weighted by Crippen LogP contribution is 2.23. The fourth-order valence-electron chi connectivity index (χ4n) is 3.24. The first-order valence-electron chi connectivity index (χ1n) is 9.76. The minimum Gasteiger partial charge on any atom is -0.457 e. The Labute approximate surface area is 171 Å². The van der Waals surface area contributed by atoms with E-state index in [1.807, 2.05) is 66.4 Å². The van der Waals surface area contributed by atoms with E-state index in [2.05, 4.69) is 17.2 Å². The number of nitrogens with one attached hydrogen (secondary N) is 2. The minimum atomic E-state index is -0.493. The van der Waals surface area contributed by atoms with Gasteiger partial charge < -0.3 is 15.4 Å². The van der Waals surface area contributed by atoms with Crippen LogP contribution in [-0.4, -0.2) is 42.4 Å². The van der Waals surface area contributed by atoms with E-state index in [1.165, 1.54) is 0 Å². The van der Waals surface area contributed by atoms with Crippen molar-refractivity contribution in [2.45, 2.75) is 25.9 Å². The molecule has 0 saturated carbocycles. The molecule has 0 aliphatic carbocycles. The highest BCUT2D eigenvalue weighted by atomic mass is 16.5. The highest BCUT2D eigenvalue weighted by molar-refractivity contribution is 5.88. The zero-order valence-electron chi connectivity index (χ0n) is 16.7. The summed E-state index contributed by atoms with van der Waals surface area (Å²) in [6.07, 6.45) is 0.124. The number of hydrogen-bond acceptors (Lipinski definition) is 4. The van der Waals surface area contributed by atoms with Crippen LogP contribution in [0.1, 0.15) is 18.9 Å². The van der Waals surface area contributed by atoms with Crippen molar-refractivity contribution < 1.29 is 14.3 Å². The van der Waals surface area contributed by atoms with Crippen molar-refractivity contribution >= 4 is 11.8 Å². The Morgan fingerprint density at radius 2 is 1.97 bits per heavy atom. The molecule has 2 aromatic carbocycles. The molecule has 0 aromatic heterocycles. The zero-order valence-corrected chi connectivity index (χ0v) is 16.7. The van der Waals surface area contributed by atoms with Gasteiger partial charge in [0.05, 0.1) is 12.5 Å². The number of piperazine rings is 1. The SMILES string of the molecule is C=C(C)CNC(=O)C[C@@H]1C(=O)NCCN1Cc1cccc(Oc2ccccc2)c1. The summed E-state index contributed by atoms with van der Waals surface area (Å²) in [4.78, 5) is 26.7. The molecule has 1 aliphatic rings. The molecular weight excluding hydrogens is 366 g/mol. The van der Waals surface area contributed by atoms with Crippen LogP contribution < -0.4 is 15.4 Å². The smallest absolute Gasteiger partial charge is 0.237 e. The van der Waals surface area contributed by atoms with Crippen LogP contribution in [0.2, 0.25) is 0 Å². The van der Waals surface area contributed by atoms with Gasteiger partial charge in [0.25, 0.3) is 0 Å². The van der Waals surface area contributed by atoms with Crippen molar-refractivity contribution in [1.82, 2.24) is 15.5 Å². The molecule has 1 aliphatic heterocycles. The molecule has 152 valence electrons. The summed E-state index contributed by atoms with van der Waals surface area (Å²) in [7, 11) is 0. The molecule has 3 rings (SSSR count). The van der Waals surface area contributed by atoms with Crippen LogP contribution in [0.4, 0.5) is 0 Å². The lowest BCUT2D eigenvalue weighted by Crippen LogP contribution is -2.56. The fraction of sp³-hybridized carbons (Fsp3) is 0.304. The number of nitrogens with zero attached hydrogens (tertiary/aromatic N) is 1. The van der Waals surface area contributed by atoms with E-state index in [0.29, 0.717) is 26.2 Å². The van der Waals surface area contributed by atoms with Gasteiger partial charge in [-0.1, -0.05) is 42.5 Å². The molecule has 6 nitrogen and oxygen atoms in total. The molecule has 2 N–H and O–H groups in total. The molecule has 0 unspecified atom stereocenters. The van der Waals surface area contributed by atoms with Gasteiger partial charge in [0, 0.05) is 26.2 Å². The summed E-state index contributed by atoms with van der Waals surface area (Å²) in [5.41, 5.74) is 1.90. The van der Waals surface area contributed by atoms with E-state index >= 15 is 0 Å². The maximum Gasteiger partial charge on any atom is 0.237 e. The Balaban J connectivity index is 1.66. The standard InChI is InChI=1S/C23H27N3O3/c1-17(2)15-25-22(27)14-21-23(28)24-11-12-26(21)16-18-7-6-10-20(13-18)29-19-8-4-3-5-9-19/h3-10,13,21H,1,11-12,14-16H2,2H3,(H,24,28)(H,25,27)/t21-/m1/s1. The molecule has 1 atom stereocenters. The van der Waals surface area contributed by atoms with Crippen molar-refractivity contribution in [2.75, 3.05) is 19.6 Å². The summed E-state index contributed by atoms with van der Waals surface area (Å²) >= 11 is 0. The molecule has 1 fully saturated rings. The summed E-state index contributed by atoms with van der Waals surface area (Å²) in [6, 6.07) is 16.9. The van der Waals surface area contributed by atoms with Gasteiger partial charge in [-0.15, -0.1) is 0 Å². The van der Waals surface area contributed by atoms with E-state index in [9.17, 15) is 9.59 Å². The van der Waals surface area contributed by atoms with E-state index in [4.69, 9.17) is 4.74 Å². The van der Waals surface area contributed by atoms with Crippen LogP contribution in [0, 0.1) is 0 Å². The number of carbonyl (C=O) groups is 2. The molecule has 2 aromatic rings. The molecule has 2 amide bonds. The summed E-state index contributed by atoms with van der Waals surface area (Å²) < 4.78 is 5.90. The normalized spacial score (nSPS) is 16.7. The Morgan fingerprint density at radius 3 is 2.72 bits per heavy atom. The number of amides is 2. The molecular formula is C23H27N3O3. The monoisotopic (exact) mass is 393 g/mol. The largest absolute Gasteiger partial charge is 0.457 e. The maximum absolute atomic E-state index is 12.4. The Kier molecular flexibility index (Phi) is 7.03. The number of benzene rings is 2. The molecule has 0 bridgehead atoms. The van der Waals surface area contributed by atoms with Crippen molar-refractivity contribution in [3.8, 4) is 11.5 Å². The lowest BCUT2D eigenvalue weighted by molar-refractivity contribution is -0.134. The fourth-order valence-corrected chi connectivity index (χ4v) is 3.24. The molecule has 29 heavy (non-hydrogen) atoms. The summed E-state index contributed by atoms with van der Waals surface area (Å²) in [5.74, 6) is 1.25. The van der Waals surface area contributed by atoms with Crippen LogP contribution in [0.25, 0.3) is 0 Å². The van der Waals surface area contributed by atoms with Gasteiger partial charge in [0.1, 0.15) is 11.5 Å². The van der Waals surface area contributed by atoms with Crippen molar-refractivity contribution in [1.29, 1.82) is 0 Å². The number of para-hydroxylation sites is 1. The average Bonchev–Trinajstić information content (AvgIpc) is 2.70. The number of carbonyl (C=O) groups excluding carboxylic acids is 2. The van der Waals surface area contributed by atoms with Crippen molar-refractivity contribution in [2.24, 2.45) is 0 Å². The van der Waals surface area contributed by atoms with Gasteiger partial charge in [0.2, 0.25) is 11.8 Å². The quantitative estimate of drug-likeness (QED) is 0.677. The van der Waals surface area contributed by atoms with Crippen molar-refractivity contribution in [3.63, 3.8) is 0 Å². The van der Waals surface area contributed by atoms with Gasteiger partial charge in [-0.3, -0.25) is 14.5 Å². The topological polar surface area (TPSA) is 70.7 Å². The Bertz CT molecular complexity index is 867. The van der Waals surface area contributed by atoms with E-state index in [1.54, 1.807) is 0 Å². The second-order valence-corrected chi connectivity index (χ2v) is 7.28. The Hall–Kier alpha value is -3.12. The number of rotatable bonds is 8. The van der Waals surface area contributed by atoms with Crippen LogP contribution in [0.3, 0.4) is 0 Å². The lowest BCUT2D eigenvalue weighted by Gasteiger charge is -2.34. The molecule has 0 radical (unpaired) electrons. The van der Waals surface area contributed by atoms with Gasteiger partial charge in [-0.05, 0) is 36.8 Å². The third kappa shape index (κ3) is 6.19. The van der Waals surface area contributed by atoms with E-state index < -0.39 is 6.04 Å². The maximum atomic E-state index is 12.4. The van der Waals surface area contributed by atoms with Crippen LogP contribution in [0.15, 0.2) is 66.7 Å². The molecule has 0 spiro atoms. The number of hydrogen-bond donors (Lipinski definition) is 2. The first-order chi connectivity index (χ1) is 14.0. The van der Waals surface area contributed by atoms with Gasteiger partial charge in [0.15, 0.2) is 0 Å².